The first-order chi connectivity index (χ1) is 15.0. The summed E-state index contributed by atoms with van der Waals surface area (Å²) in [5, 5.41) is 9.35. The molecule has 0 bridgehead atoms. The predicted molar refractivity (Wildman–Crippen MR) is 131 cm³/mol. The molecule has 168 valence electrons. The predicted octanol–water partition coefficient (Wildman–Crippen LogP) is 7.16. The normalized spacial score (nSPS) is 12.9. The number of nitrogens with zero attached hydrogens (tertiary/aromatic N) is 1. The minimum atomic E-state index is -0.743. The second kappa shape index (κ2) is 10.8. The molecule has 3 rings (SSSR count). The Balaban J connectivity index is 1.94. The van der Waals surface area contributed by atoms with Crippen LogP contribution in [0.2, 0.25) is 0 Å². The van der Waals surface area contributed by atoms with E-state index in [1.165, 1.54) is 59.3 Å². The van der Waals surface area contributed by atoms with E-state index in [1.807, 2.05) is 0 Å². The number of carboxylic acid groups (broad SMARTS) is 1. The fraction of sp³-hybridized carbons (Fsp3) is 0.536. The van der Waals surface area contributed by atoms with E-state index in [9.17, 15) is 9.90 Å². The van der Waals surface area contributed by atoms with E-state index in [4.69, 9.17) is 0 Å². The van der Waals surface area contributed by atoms with Crippen molar-refractivity contribution in [2.45, 2.75) is 79.1 Å². The molecule has 0 radical (unpaired) electrons. The minimum Gasteiger partial charge on any atom is -0.481 e. The molecular formula is C28H39NO2. The molecule has 0 aliphatic carbocycles. The SMILES string of the molecule is CCC(CC)Cc1ccc2c(c1)Cc1ccc(CC(CC)CC)cc1N2CCC(=O)O. The van der Waals surface area contributed by atoms with Gasteiger partial charge in [-0.1, -0.05) is 77.6 Å². The van der Waals surface area contributed by atoms with Gasteiger partial charge in [-0.25, -0.2) is 0 Å². The molecule has 0 saturated carbocycles. The van der Waals surface area contributed by atoms with Crippen molar-refractivity contribution in [1.82, 2.24) is 0 Å². The topological polar surface area (TPSA) is 40.5 Å². The van der Waals surface area contributed by atoms with Crippen molar-refractivity contribution in [1.29, 1.82) is 0 Å². The number of benzene rings is 2. The van der Waals surface area contributed by atoms with E-state index in [-0.39, 0.29) is 6.42 Å². The van der Waals surface area contributed by atoms with E-state index in [0.717, 1.165) is 25.2 Å². The van der Waals surface area contributed by atoms with Crippen molar-refractivity contribution in [3.63, 3.8) is 0 Å². The molecule has 0 unspecified atom stereocenters. The van der Waals surface area contributed by atoms with Gasteiger partial charge in [0.25, 0.3) is 0 Å². The van der Waals surface area contributed by atoms with E-state index in [1.54, 1.807) is 0 Å². The third-order valence-corrected chi connectivity index (χ3v) is 7.16. The summed E-state index contributed by atoms with van der Waals surface area (Å²) in [5.74, 6) is 0.686. The van der Waals surface area contributed by atoms with Crippen molar-refractivity contribution in [2.75, 3.05) is 11.4 Å². The number of rotatable bonds is 11. The first-order valence-corrected chi connectivity index (χ1v) is 12.2. The van der Waals surface area contributed by atoms with Crippen LogP contribution >= 0.6 is 0 Å². The quantitative estimate of drug-likeness (QED) is 0.418. The van der Waals surface area contributed by atoms with E-state index < -0.39 is 5.97 Å². The summed E-state index contributed by atoms with van der Waals surface area (Å²) < 4.78 is 0. The van der Waals surface area contributed by atoms with Gasteiger partial charge in [0, 0.05) is 24.3 Å². The molecule has 1 aliphatic rings. The second-order valence-electron chi connectivity index (χ2n) is 9.17. The molecule has 0 fully saturated rings. The number of carbonyl (C=O) groups is 1. The molecule has 0 spiro atoms. The Labute approximate surface area is 188 Å². The maximum absolute atomic E-state index is 11.4. The highest BCUT2D eigenvalue weighted by Gasteiger charge is 2.24. The molecule has 1 heterocycles. The lowest BCUT2D eigenvalue weighted by Crippen LogP contribution is -2.26. The van der Waals surface area contributed by atoms with Crippen molar-refractivity contribution < 1.29 is 9.90 Å². The fourth-order valence-electron chi connectivity index (χ4n) is 4.91. The van der Waals surface area contributed by atoms with Crippen molar-refractivity contribution in [3.05, 3.63) is 58.7 Å². The first-order valence-electron chi connectivity index (χ1n) is 12.2. The van der Waals surface area contributed by atoms with Crippen LogP contribution in [0.3, 0.4) is 0 Å². The molecular weight excluding hydrogens is 382 g/mol. The Hall–Kier alpha value is -2.29. The molecule has 0 atom stereocenters. The Kier molecular flexibility index (Phi) is 8.17. The fourth-order valence-corrected chi connectivity index (χ4v) is 4.91. The summed E-state index contributed by atoms with van der Waals surface area (Å²) in [4.78, 5) is 13.6. The standard InChI is InChI=1S/C28H39NO2/c1-5-20(6-2)15-22-10-12-26-25(17-22)19-24-11-9-23(16-21(7-3)8-4)18-27(24)29(26)14-13-28(30)31/h9-12,17-18,20-21H,5-8,13-16,19H2,1-4H3,(H,30,31). The highest BCUT2D eigenvalue weighted by atomic mass is 16.4. The molecule has 1 N–H and O–H groups in total. The number of hydrogen-bond acceptors (Lipinski definition) is 2. The zero-order valence-electron chi connectivity index (χ0n) is 19.8. The number of carboxylic acids is 1. The molecule has 3 nitrogen and oxygen atoms in total. The van der Waals surface area contributed by atoms with Crippen molar-refractivity contribution in [2.24, 2.45) is 11.8 Å². The van der Waals surface area contributed by atoms with E-state index >= 15 is 0 Å². The maximum atomic E-state index is 11.4. The summed E-state index contributed by atoms with van der Waals surface area (Å²) in [6, 6.07) is 13.7. The lowest BCUT2D eigenvalue weighted by molar-refractivity contribution is -0.136. The number of anilines is 2. The number of aliphatic carboxylic acids is 1. The van der Waals surface area contributed by atoms with Gasteiger partial charge in [-0.15, -0.1) is 0 Å². The van der Waals surface area contributed by atoms with Crippen LogP contribution < -0.4 is 4.90 Å². The molecule has 31 heavy (non-hydrogen) atoms. The van der Waals surface area contributed by atoms with E-state index in [2.05, 4.69) is 69.0 Å². The summed E-state index contributed by atoms with van der Waals surface area (Å²) in [5.41, 5.74) is 7.78. The van der Waals surface area contributed by atoms with Gasteiger partial charge in [0.15, 0.2) is 0 Å². The van der Waals surface area contributed by atoms with Crippen LogP contribution in [0.1, 0.15) is 82.1 Å². The van der Waals surface area contributed by atoms with Gasteiger partial charge in [0.05, 0.1) is 6.42 Å². The van der Waals surface area contributed by atoms with Gasteiger partial charge < -0.3 is 10.0 Å². The molecule has 1 aliphatic heterocycles. The molecule has 3 heteroatoms. The number of fused-ring (bicyclic) bond motifs is 2. The monoisotopic (exact) mass is 421 g/mol. The summed E-state index contributed by atoms with van der Waals surface area (Å²) in [6.07, 6.45) is 8.09. The first kappa shape index (κ1) is 23.4. The van der Waals surface area contributed by atoms with Crippen LogP contribution in [0.15, 0.2) is 36.4 Å². The number of hydrogen-bond donors (Lipinski definition) is 1. The van der Waals surface area contributed by atoms with Crippen LogP contribution in [0.5, 0.6) is 0 Å². The van der Waals surface area contributed by atoms with Gasteiger partial charge in [-0.2, -0.15) is 0 Å². The van der Waals surface area contributed by atoms with Gasteiger partial charge in [-0.3, -0.25) is 4.79 Å². The largest absolute Gasteiger partial charge is 0.481 e. The summed E-state index contributed by atoms with van der Waals surface area (Å²) in [6.45, 7) is 9.59. The lowest BCUT2D eigenvalue weighted by Gasteiger charge is -2.34. The minimum absolute atomic E-state index is 0.144. The van der Waals surface area contributed by atoms with Gasteiger partial charge in [-0.05, 0) is 59.1 Å². The summed E-state index contributed by atoms with van der Waals surface area (Å²) in [7, 11) is 0. The van der Waals surface area contributed by atoms with Gasteiger partial charge >= 0.3 is 5.97 Å². The average molecular weight is 422 g/mol. The second-order valence-corrected chi connectivity index (χ2v) is 9.17. The van der Waals surface area contributed by atoms with E-state index in [0.29, 0.717) is 12.5 Å². The Morgan fingerprint density at radius 1 is 0.839 bits per heavy atom. The van der Waals surface area contributed by atoms with Crippen molar-refractivity contribution in [3.8, 4) is 0 Å². The smallest absolute Gasteiger partial charge is 0.305 e. The van der Waals surface area contributed by atoms with Crippen LogP contribution in [0.25, 0.3) is 0 Å². The zero-order valence-corrected chi connectivity index (χ0v) is 19.8. The Morgan fingerprint density at radius 2 is 1.42 bits per heavy atom. The average Bonchev–Trinajstić information content (AvgIpc) is 2.78. The molecule has 2 aromatic carbocycles. The molecule has 0 saturated heterocycles. The van der Waals surface area contributed by atoms with Crippen LogP contribution in [0, 0.1) is 11.8 Å². The lowest BCUT2D eigenvalue weighted by atomic mass is 9.88. The third-order valence-electron chi connectivity index (χ3n) is 7.16. The van der Waals surface area contributed by atoms with Crippen LogP contribution in [-0.4, -0.2) is 17.6 Å². The van der Waals surface area contributed by atoms with Crippen molar-refractivity contribution >= 4 is 17.3 Å². The van der Waals surface area contributed by atoms with Gasteiger partial charge in [0.2, 0.25) is 0 Å². The zero-order chi connectivity index (χ0) is 22.4. The highest BCUT2D eigenvalue weighted by molar-refractivity contribution is 5.77. The molecule has 0 aromatic heterocycles. The molecule has 0 amide bonds. The molecule has 2 aromatic rings. The maximum Gasteiger partial charge on any atom is 0.305 e. The Bertz CT molecular complexity index is 881. The highest BCUT2D eigenvalue weighted by Crippen LogP contribution is 2.40. The van der Waals surface area contributed by atoms with Crippen LogP contribution in [0.4, 0.5) is 11.4 Å². The van der Waals surface area contributed by atoms with Gasteiger partial charge in [0.1, 0.15) is 0 Å². The Morgan fingerprint density at radius 3 is 2.00 bits per heavy atom. The van der Waals surface area contributed by atoms with Crippen LogP contribution in [-0.2, 0) is 24.1 Å². The summed E-state index contributed by atoms with van der Waals surface area (Å²) >= 11 is 0. The third kappa shape index (κ3) is 5.70.